The molecular weight excluding hydrogens is 300 g/mol. The van der Waals surface area contributed by atoms with Crippen LogP contribution in [0.15, 0.2) is 54.6 Å². The van der Waals surface area contributed by atoms with Crippen molar-refractivity contribution >= 4 is 11.6 Å². The third kappa shape index (κ3) is 4.59. The van der Waals surface area contributed by atoms with Crippen molar-refractivity contribution in [2.24, 2.45) is 5.92 Å². The van der Waals surface area contributed by atoms with Crippen molar-refractivity contribution < 1.29 is 9.53 Å². The molecule has 1 saturated heterocycles. The van der Waals surface area contributed by atoms with Gasteiger partial charge in [0.2, 0.25) is 5.91 Å². The maximum Gasteiger partial charge on any atom is 0.238 e. The van der Waals surface area contributed by atoms with Gasteiger partial charge in [0.1, 0.15) is 5.75 Å². The minimum absolute atomic E-state index is 0.00760. The number of rotatable bonds is 5. The monoisotopic (exact) mass is 324 g/mol. The van der Waals surface area contributed by atoms with Crippen LogP contribution >= 0.6 is 0 Å². The van der Waals surface area contributed by atoms with Gasteiger partial charge in [-0.15, -0.1) is 0 Å². The molecule has 2 aromatic rings. The summed E-state index contributed by atoms with van der Waals surface area (Å²) >= 11 is 0. The van der Waals surface area contributed by atoms with E-state index in [-0.39, 0.29) is 5.91 Å². The fraction of sp³-hybridized carbons (Fsp3) is 0.350. The van der Waals surface area contributed by atoms with Crippen LogP contribution in [0.4, 0.5) is 5.69 Å². The molecule has 0 saturated carbocycles. The molecule has 24 heavy (non-hydrogen) atoms. The van der Waals surface area contributed by atoms with Gasteiger partial charge in [-0.25, -0.2) is 0 Å². The first-order chi connectivity index (χ1) is 11.7. The second-order valence-electron chi connectivity index (χ2n) is 6.44. The van der Waals surface area contributed by atoms with E-state index in [2.05, 4.69) is 17.1 Å². The summed E-state index contributed by atoms with van der Waals surface area (Å²) in [5.74, 6) is 2.08. The molecule has 4 nitrogen and oxygen atoms in total. The predicted molar refractivity (Wildman–Crippen MR) is 96.4 cm³/mol. The number of amides is 1. The Morgan fingerprint density at radius 1 is 1.17 bits per heavy atom. The van der Waals surface area contributed by atoms with Crippen LogP contribution in [-0.2, 0) is 4.79 Å². The fourth-order valence-electron chi connectivity index (χ4n) is 3.10. The van der Waals surface area contributed by atoms with Gasteiger partial charge < -0.3 is 10.1 Å². The molecule has 0 unspecified atom stereocenters. The fourth-order valence-corrected chi connectivity index (χ4v) is 3.10. The van der Waals surface area contributed by atoms with Gasteiger partial charge in [-0.05, 0) is 49.6 Å². The molecule has 0 aliphatic carbocycles. The lowest BCUT2D eigenvalue weighted by molar-refractivity contribution is -0.117. The molecule has 3 rings (SSSR count). The van der Waals surface area contributed by atoms with Crippen LogP contribution in [0.1, 0.15) is 19.8 Å². The van der Waals surface area contributed by atoms with Crippen molar-refractivity contribution in [2.45, 2.75) is 19.8 Å². The Balaban J connectivity index is 1.63. The first kappa shape index (κ1) is 16.5. The molecule has 0 aromatic heterocycles. The van der Waals surface area contributed by atoms with Crippen molar-refractivity contribution in [3.8, 4) is 11.5 Å². The van der Waals surface area contributed by atoms with Gasteiger partial charge >= 0.3 is 0 Å². The van der Waals surface area contributed by atoms with Gasteiger partial charge in [0.25, 0.3) is 0 Å². The first-order valence-corrected chi connectivity index (χ1v) is 8.55. The normalized spacial score (nSPS) is 18.1. The smallest absolute Gasteiger partial charge is 0.238 e. The Morgan fingerprint density at radius 2 is 1.92 bits per heavy atom. The van der Waals surface area contributed by atoms with E-state index in [1.165, 1.54) is 12.8 Å². The summed E-state index contributed by atoms with van der Waals surface area (Å²) in [6, 6.07) is 17.1. The van der Waals surface area contributed by atoms with E-state index in [0.29, 0.717) is 23.9 Å². The second kappa shape index (κ2) is 7.97. The number of nitrogens with one attached hydrogen (secondary N) is 1. The highest BCUT2D eigenvalue weighted by Gasteiger charge is 2.19. The van der Waals surface area contributed by atoms with E-state index in [0.717, 1.165) is 18.8 Å². The topological polar surface area (TPSA) is 41.6 Å². The van der Waals surface area contributed by atoms with Crippen molar-refractivity contribution in [2.75, 3.05) is 25.0 Å². The Hall–Kier alpha value is -2.33. The molecule has 1 heterocycles. The number of benzene rings is 2. The number of nitrogens with zero attached hydrogens (tertiary/aromatic N) is 1. The molecule has 1 aliphatic heterocycles. The average Bonchev–Trinajstić information content (AvgIpc) is 2.57. The minimum atomic E-state index is 0.00760. The van der Waals surface area contributed by atoms with E-state index in [1.54, 1.807) is 0 Å². The van der Waals surface area contributed by atoms with E-state index in [4.69, 9.17) is 4.74 Å². The Kier molecular flexibility index (Phi) is 5.49. The summed E-state index contributed by atoms with van der Waals surface area (Å²) in [7, 11) is 0. The number of carbonyl (C=O) groups excluding carboxylic acids is 1. The highest BCUT2D eigenvalue weighted by molar-refractivity contribution is 5.93. The second-order valence-corrected chi connectivity index (χ2v) is 6.44. The molecule has 1 atom stereocenters. The minimum Gasteiger partial charge on any atom is -0.455 e. The van der Waals surface area contributed by atoms with Gasteiger partial charge in [0, 0.05) is 6.54 Å². The zero-order valence-electron chi connectivity index (χ0n) is 14.1. The molecule has 1 amide bonds. The predicted octanol–water partition coefficient (Wildman–Crippen LogP) is 4.15. The molecule has 4 heteroatoms. The lowest BCUT2D eigenvalue weighted by Crippen LogP contribution is -2.39. The highest BCUT2D eigenvalue weighted by atomic mass is 16.5. The van der Waals surface area contributed by atoms with Gasteiger partial charge in [0.05, 0.1) is 12.2 Å². The van der Waals surface area contributed by atoms with Crippen LogP contribution in [0.5, 0.6) is 11.5 Å². The number of likely N-dealkylation sites (tertiary alicyclic amines) is 1. The summed E-state index contributed by atoms with van der Waals surface area (Å²) in [5, 5.41) is 2.99. The number of para-hydroxylation sites is 3. The van der Waals surface area contributed by atoms with Gasteiger partial charge in [-0.3, -0.25) is 9.69 Å². The zero-order chi connectivity index (χ0) is 16.8. The number of anilines is 1. The molecule has 0 radical (unpaired) electrons. The highest BCUT2D eigenvalue weighted by Crippen LogP contribution is 2.29. The summed E-state index contributed by atoms with van der Waals surface area (Å²) in [5.41, 5.74) is 0.705. The first-order valence-electron chi connectivity index (χ1n) is 8.55. The number of hydrogen-bond acceptors (Lipinski definition) is 3. The maximum atomic E-state index is 12.4. The quantitative estimate of drug-likeness (QED) is 0.898. The number of piperidine rings is 1. The van der Waals surface area contributed by atoms with Crippen LogP contribution < -0.4 is 10.1 Å². The number of ether oxygens (including phenoxy) is 1. The van der Waals surface area contributed by atoms with Crippen LogP contribution in [0.2, 0.25) is 0 Å². The summed E-state index contributed by atoms with van der Waals surface area (Å²) in [4.78, 5) is 14.6. The average molecular weight is 324 g/mol. The van der Waals surface area contributed by atoms with E-state index >= 15 is 0 Å². The van der Waals surface area contributed by atoms with Crippen molar-refractivity contribution in [3.05, 3.63) is 54.6 Å². The SMILES string of the molecule is C[C@H]1CCCN(CC(=O)Nc2ccccc2Oc2ccccc2)C1. The molecule has 2 aromatic carbocycles. The van der Waals surface area contributed by atoms with Gasteiger partial charge in [-0.1, -0.05) is 37.3 Å². The standard InChI is InChI=1S/C20H24N2O2/c1-16-8-7-13-22(14-16)15-20(23)21-18-11-5-6-12-19(18)24-17-9-3-2-4-10-17/h2-6,9-12,16H,7-8,13-15H2,1H3,(H,21,23)/t16-/m0/s1. The zero-order valence-corrected chi connectivity index (χ0v) is 14.1. The number of hydrogen-bond donors (Lipinski definition) is 1. The molecule has 126 valence electrons. The molecule has 1 aliphatic rings. The lowest BCUT2D eigenvalue weighted by atomic mass is 10.0. The molecule has 0 bridgehead atoms. The van der Waals surface area contributed by atoms with Gasteiger partial charge in [0.15, 0.2) is 5.75 Å². The van der Waals surface area contributed by atoms with Crippen LogP contribution in [0.3, 0.4) is 0 Å². The van der Waals surface area contributed by atoms with Crippen molar-refractivity contribution in [1.82, 2.24) is 4.90 Å². The third-order valence-electron chi connectivity index (χ3n) is 4.24. The Labute approximate surface area is 143 Å². The van der Waals surface area contributed by atoms with Gasteiger partial charge in [-0.2, -0.15) is 0 Å². The van der Waals surface area contributed by atoms with Crippen LogP contribution in [-0.4, -0.2) is 30.4 Å². The molecule has 0 spiro atoms. The Morgan fingerprint density at radius 3 is 2.71 bits per heavy atom. The lowest BCUT2D eigenvalue weighted by Gasteiger charge is -2.30. The summed E-state index contributed by atoms with van der Waals surface area (Å²) < 4.78 is 5.89. The summed E-state index contributed by atoms with van der Waals surface area (Å²) in [6.07, 6.45) is 2.42. The maximum absolute atomic E-state index is 12.4. The molecule has 1 fully saturated rings. The molecular formula is C20H24N2O2. The summed E-state index contributed by atoms with van der Waals surface area (Å²) in [6.45, 7) is 4.67. The van der Waals surface area contributed by atoms with E-state index < -0.39 is 0 Å². The Bertz CT molecular complexity index is 672. The van der Waals surface area contributed by atoms with Crippen LogP contribution in [0.25, 0.3) is 0 Å². The van der Waals surface area contributed by atoms with E-state index in [9.17, 15) is 4.79 Å². The van der Waals surface area contributed by atoms with Crippen molar-refractivity contribution in [3.63, 3.8) is 0 Å². The van der Waals surface area contributed by atoms with Crippen molar-refractivity contribution in [1.29, 1.82) is 0 Å². The van der Waals surface area contributed by atoms with E-state index in [1.807, 2.05) is 54.6 Å². The molecule has 1 N–H and O–H groups in total. The number of carbonyl (C=O) groups is 1. The third-order valence-corrected chi connectivity index (χ3v) is 4.24. The van der Waals surface area contributed by atoms with Crippen LogP contribution in [0, 0.1) is 5.92 Å². The largest absolute Gasteiger partial charge is 0.455 e.